The molecule has 4 nitrogen and oxygen atoms in total. The monoisotopic (exact) mass is 264 g/mol. The van der Waals surface area contributed by atoms with Crippen LogP contribution in [0.4, 0.5) is 0 Å². The van der Waals surface area contributed by atoms with E-state index in [9.17, 15) is 0 Å². The number of hydrogen-bond acceptors (Lipinski definition) is 3. The Labute approximate surface area is 117 Å². The summed E-state index contributed by atoms with van der Waals surface area (Å²) in [5, 5.41) is 3.70. The van der Waals surface area contributed by atoms with Gasteiger partial charge in [0.25, 0.3) is 0 Å². The van der Waals surface area contributed by atoms with Gasteiger partial charge in [-0.1, -0.05) is 19.3 Å². The standard InChI is InChI=1S/C15H28N4/c1-18(13-15-17-10-12-19(15)2)11-6-9-16-14-7-4-3-5-8-14/h10,12,14,16H,3-9,11,13H2,1-2H3. The average Bonchev–Trinajstić information content (AvgIpc) is 2.82. The van der Waals surface area contributed by atoms with Crippen molar-refractivity contribution in [1.29, 1.82) is 0 Å². The molecule has 1 aromatic heterocycles. The van der Waals surface area contributed by atoms with Gasteiger partial charge in [0, 0.05) is 25.5 Å². The Morgan fingerprint density at radius 3 is 2.84 bits per heavy atom. The molecule has 0 amide bonds. The lowest BCUT2D eigenvalue weighted by Crippen LogP contribution is -2.33. The quantitative estimate of drug-likeness (QED) is 0.766. The van der Waals surface area contributed by atoms with Crippen molar-refractivity contribution >= 4 is 0 Å². The molecule has 1 heterocycles. The van der Waals surface area contributed by atoms with Gasteiger partial charge in [0.1, 0.15) is 5.82 Å². The number of imidazole rings is 1. The van der Waals surface area contributed by atoms with Gasteiger partial charge in [-0.3, -0.25) is 4.90 Å². The lowest BCUT2D eigenvalue weighted by atomic mass is 9.95. The SMILES string of the molecule is CN(CCCNC1CCCCC1)Cc1nccn1C. The van der Waals surface area contributed by atoms with E-state index < -0.39 is 0 Å². The Kier molecular flexibility index (Phi) is 5.86. The predicted molar refractivity (Wildman–Crippen MR) is 79.0 cm³/mol. The van der Waals surface area contributed by atoms with Gasteiger partial charge in [0.2, 0.25) is 0 Å². The van der Waals surface area contributed by atoms with Gasteiger partial charge < -0.3 is 9.88 Å². The summed E-state index contributed by atoms with van der Waals surface area (Å²) in [6.45, 7) is 3.22. The smallest absolute Gasteiger partial charge is 0.122 e. The summed E-state index contributed by atoms with van der Waals surface area (Å²) in [6, 6.07) is 0.786. The summed E-state index contributed by atoms with van der Waals surface area (Å²) in [5.41, 5.74) is 0. The van der Waals surface area contributed by atoms with Gasteiger partial charge in [-0.2, -0.15) is 0 Å². The van der Waals surface area contributed by atoms with Crippen LogP contribution >= 0.6 is 0 Å². The van der Waals surface area contributed by atoms with Crippen molar-refractivity contribution in [3.8, 4) is 0 Å². The summed E-state index contributed by atoms with van der Waals surface area (Å²) in [6.07, 6.45) is 12.1. The first-order valence-corrected chi connectivity index (χ1v) is 7.64. The number of nitrogens with one attached hydrogen (secondary N) is 1. The normalized spacial score (nSPS) is 17.2. The van der Waals surface area contributed by atoms with E-state index in [0.717, 1.165) is 31.5 Å². The molecule has 0 aromatic carbocycles. The third kappa shape index (κ3) is 4.96. The zero-order chi connectivity index (χ0) is 13.5. The van der Waals surface area contributed by atoms with Crippen molar-refractivity contribution in [3.63, 3.8) is 0 Å². The molecule has 1 saturated carbocycles. The molecule has 0 unspecified atom stereocenters. The summed E-state index contributed by atoms with van der Waals surface area (Å²) in [4.78, 5) is 6.72. The lowest BCUT2D eigenvalue weighted by Gasteiger charge is -2.23. The summed E-state index contributed by atoms with van der Waals surface area (Å²) < 4.78 is 2.09. The molecule has 0 radical (unpaired) electrons. The average molecular weight is 264 g/mol. The van der Waals surface area contributed by atoms with Crippen molar-refractivity contribution in [2.24, 2.45) is 7.05 Å². The fourth-order valence-corrected chi connectivity index (χ4v) is 2.83. The van der Waals surface area contributed by atoms with Gasteiger partial charge in [-0.05, 0) is 39.4 Å². The third-order valence-electron chi connectivity index (χ3n) is 4.09. The highest BCUT2D eigenvalue weighted by molar-refractivity contribution is 4.90. The van der Waals surface area contributed by atoms with Crippen LogP contribution in [0.15, 0.2) is 12.4 Å². The minimum Gasteiger partial charge on any atom is -0.337 e. The highest BCUT2D eigenvalue weighted by Gasteiger charge is 2.12. The van der Waals surface area contributed by atoms with Crippen LogP contribution in [-0.4, -0.2) is 40.6 Å². The molecule has 108 valence electrons. The van der Waals surface area contributed by atoms with Gasteiger partial charge in [-0.15, -0.1) is 0 Å². The van der Waals surface area contributed by atoms with Crippen LogP contribution in [0.5, 0.6) is 0 Å². The van der Waals surface area contributed by atoms with Crippen LogP contribution in [0.1, 0.15) is 44.3 Å². The molecule has 4 heteroatoms. The van der Waals surface area contributed by atoms with E-state index >= 15 is 0 Å². The van der Waals surface area contributed by atoms with E-state index in [1.807, 2.05) is 12.4 Å². The summed E-state index contributed by atoms with van der Waals surface area (Å²) in [5.74, 6) is 1.14. The fraction of sp³-hybridized carbons (Fsp3) is 0.800. The van der Waals surface area contributed by atoms with Gasteiger partial charge in [0.15, 0.2) is 0 Å². The highest BCUT2D eigenvalue weighted by Crippen LogP contribution is 2.17. The summed E-state index contributed by atoms with van der Waals surface area (Å²) in [7, 11) is 4.23. The molecule has 0 atom stereocenters. The minimum atomic E-state index is 0.786. The molecule has 0 saturated heterocycles. The molecule has 1 fully saturated rings. The maximum atomic E-state index is 4.36. The first-order chi connectivity index (χ1) is 9.25. The topological polar surface area (TPSA) is 33.1 Å². The minimum absolute atomic E-state index is 0.786. The molecule has 0 bridgehead atoms. The van der Waals surface area contributed by atoms with Crippen LogP contribution in [-0.2, 0) is 13.6 Å². The maximum absolute atomic E-state index is 4.36. The van der Waals surface area contributed by atoms with E-state index in [0.29, 0.717) is 0 Å². The molecule has 19 heavy (non-hydrogen) atoms. The fourth-order valence-electron chi connectivity index (χ4n) is 2.83. The van der Waals surface area contributed by atoms with E-state index in [-0.39, 0.29) is 0 Å². The molecule has 0 spiro atoms. The molecular formula is C15H28N4. The first kappa shape index (κ1) is 14.5. The second-order valence-corrected chi connectivity index (χ2v) is 5.83. The Morgan fingerprint density at radius 1 is 1.37 bits per heavy atom. The van der Waals surface area contributed by atoms with E-state index in [4.69, 9.17) is 0 Å². The van der Waals surface area contributed by atoms with Gasteiger partial charge >= 0.3 is 0 Å². The van der Waals surface area contributed by atoms with E-state index in [2.05, 4.69) is 33.9 Å². The zero-order valence-corrected chi connectivity index (χ0v) is 12.4. The number of rotatable bonds is 7. The number of aromatic nitrogens is 2. The molecular weight excluding hydrogens is 236 g/mol. The molecule has 1 N–H and O–H groups in total. The second-order valence-electron chi connectivity index (χ2n) is 5.83. The molecule has 1 aliphatic carbocycles. The van der Waals surface area contributed by atoms with Crippen molar-refractivity contribution in [2.75, 3.05) is 20.1 Å². The number of hydrogen-bond donors (Lipinski definition) is 1. The summed E-state index contributed by atoms with van der Waals surface area (Å²) >= 11 is 0. The maximum Gasteiger partial charge on any atom is 0.122 e. The Morgan fingerprint density at radius 2 is 2.16 bits per heavy atom. The van der Waals surface area contributed by atoms with Crippen LogP contribution in [0.25, 0.3) is 0 Å². The molecule has 1 aromatic rings. The molecule has 0 aliphatic heterocycles. The number of nitrogens with zero attached hydrogens (tertiary/aromatic N) is 3. The van der Waals surface area contributed by atoms with Crippen LogP contribution in [0.2, 0.25) is 0 Å². The van der Waals surface area contributed by atoms with E-state index in [1.165, 1.54) is 38.5 Å². The molecule has 2 rings (SSSR count). The predicted octanol–water partition coefficient (Wildman–Crippen LogP) is 2.16. The van der Waals surface area contributed by atoms with Crippen molar-refractivity contribution in [2.45, 2.75) is 51.1 Å². The van der Waals surface area contributed by atoms with Crippen molar-refractivity contribution in [1.82, 2.24) is 19.8 Å². The Bertz CT molecular complexity index is 355. The first-order valence-electron chi connectivity index (χ1n) is 7.64. The van der Waals surface area contributed by atoms with Crippen LogP contribution in [0, 0.1) is 0 Å². The zero-order valence-electron chi connectivity index (χ0n) is 12.4. The third-order valence-corrected chi connectivity index (χ3v) is 4.09. The van der Waals surface area contributed by atoms with Crippen molar-refractivity contribution < 1.29 is 0 Å². The van der Waals surface area contributed by atoms with Crippen molar-refractivity contribution in [3.05, 3.63) is 18.2 Å². The largest absolute Gasteiger partial charge is 0.337 e. The van der Waals surface area contributed by atoms with Crippen LogP contribution in [0.3, 0.4) is 0 Å². The van der Waals surface area contributed by atoms with E-state index in [1.54, 1.807) is 0 Å². The lowest BCUT2D eigenvalue weighted by molar-refractivity contribution is 0.299. The number of aryl methyl sites for hydroxylation is 1. The van der Waals surface area contributed by atoms with Gasteiger partial charge in [-0.25, -0.2) is 4.98 Å². The Hall–Kier alpha value is -0.870. The van der Waals surface area contributed by atoms with Gasteiger partial charge in [0.05, 0.1) is 6.54 Å². The Balaban J connectivity index is 1.56. The highest BCUT2D eigenvalue weighted by atomic mass is 15.1. The second kappa shape index (κ2) is 7.65. The molecule has 1 aliphatic rings. The van der Waals surface area contributed by atoms with Crippen LogP contribution < -0.4 is 5.32 Å².